The number of hydrogen-bond acceptors (Lipinski definition) is 4. The Kier molecular flexibility index (Phi) is 3.87. The Labute approximate surface area is 111 Å². The van der Waals surface area contributed by atoms with E-state index < -0.39 is 0 Å². The van der Waals surface area contributed by atoms with E-state index in [-0.39, 0.29) is 5.78 Å². The maximum Gasteiger partial charge on any atom is 0.206 e. The molecule has 0 saturated carbocycles. The van der Waals surface area contributed by atoms with Gasteiger partial charge in [0.05, 0.1) is 5.69 Å². The Hall–Kier alpha value is -1.55. The molecule has 0 aliphatic carbocycles. The topological polar surface area (TPSA) is 42.9 Å². The Bertz CT molecular complexity index is 555. The monoisotopic (exact) mass is 260 g/mol. The molecule has 0 radical (unpaired) electrons. The number of ketones is 1. The average molecular weight is 260 g/mol. The molecule has 0 bridgehead atoms. The standard InChI is InChI=1S/C14H16N2OS/c1-4-5-12-14(18-16-15-12)13(17)11-7-9(2)6-10(3)8-11/h6-8H,4-5H2,1-3H3. The van der Waals surface area contributed by atoms with Gasteiger partial charge in [0.25, 0.3) is 0 Å². The van der Waals surface area contributed by atoms with E-state index in [1.54, 1.807) is 0 Å². The molecule has 0 unspecified atom stereocenters. The zero-order valence-corrected chi connectivity index (χ0v) is 11.7. The average Bonchev–Trinajstić information content (AvgIpc) is 2.75. The van der Waals surface area contributed by atoms with Crippen LogP contribution in [0.15, 0.2) is 18.2 Å². The molecule has 0 aliphatic heterocycles. The molecule has 0 atom stereocenters. The normalized spacial score (nSPS) is 10.6. The van der Waals surface area contributed by atoms with Gasteiger partial charge in [-0.3, -0.25) is 4.79 Å². The van der Waals surface area contributed by atoms with Crippen LogP contribution in [0.2, 0.25) is 0 Å². The first-order valence-electron chi connectivity index (χ1n) is 6.06. The first-order chi connectivity index (χ1) is 8.61. The van der Waals surface area contributed by atoms with Gasteiger partial charge in [0, 0.05) is 5.56 Å². The molecule has 2 rings (SSSR count). The second-order valence-electron chi connectivity index (χ2n) is 4.50. The van der Waals surface area contributed by atoms with E-state index in [9.17, 15) is 4.79 Å². The smallest absolute Gasteiger partial charge is 0.206 e. The first kappa shape index (κ1) is 12.9. The van der Waals surface area contributed by atoms with Gasteiger partial charge in [-0.1, -0.05) is 35.0 Å². The SMILES string of the molecule is CCCc1nnsc1C(=O)c1cc(C)cc(C)c1. The first-order valence-corrected chi connectivity index (χ1v) is 6.83. The molecule has 4 heteroatoms. The predicted octanol–water partition coefficient (Wildman–Crippen LogP) is 3.34. The highest BCUT2D eigenvalue weighted by Gasteiger charge is 2.17. The minimum Gasteiger partial charge on any atom is -0.288 e. The van der Waals surface area contributed by atoms with Crippen LogP contribution < -0.4 is 0 Å². The van der Waals surface area contributed by atoms with E-state index in [2.05, 4.69) is 22.6 Å². The Balaban J connectivity index is 2.38. The second kappa shape index (κ2) is 5.40. The number of hydrogen-bond donors (Lipinski definition) is 0. The lowest BCUT2D eigenvalue weighted by Gasteiger charge is -2.03. The van der Waals surface area contributed by atoms with Gasteiger partial charge < -0.3 is 0 Å². The van der Waals surface area contributed by atoms with Crippen LogP contribution in [0, 0.1) is 13.8 Å². The molecular formula is C14H16N2OS. The van der Waals surface area contributed by atoms with Crippen molar-refractivity contribution >= 4 is 17.3 Å². The highest BCUT2D eigenvalue weighted by Crippen LogP contribution is 2.19. The van der Waals surface area contributed by atoms with Gasteiger partial charge in [-0.15, -0.1) is 5.10 Å². The molecule has 1 aromatic heterocycles. The van der Waals surface area contributed by atoms with E-state index in [0.29, 0.717) is 4.88 Å². The van der Waals surface area contributed by atoms with Crippen LogP contribution in [-0.2, 0) is 6.42 Å². The van der Waals surface area contributed by atoms with Crippen LogP contribution in [0.25, 0.3) is 0 Å². The van der Waals surface area contributed by atoms with Crippen molar-refractivity contribution in [1.82, 2.24) is 9.59 Å². The Morgan fingerprint density at radius 3 is 2.50 bits per heavy atom. The molecule has 0 saturated heterocycles. The summed E-state index contributed by atoms with van der Waals surface area (Å²) in [7, 11) is 0. The van der Waals surface area contributed by atoms with Crippen LogP contribution in [0.3, 0.4) is 0 Å². The fraction of sp³-hybridized carbons (Fsp3) is 0.357. The fourth-order valence-electron chi connectivity index (χ4n) is 2.02. The lowest BCUT2D eigenvalue weighted by Crippen LogP contribution is -2.03. The van der Waals surface area contributed by atoms with E-state index in [1.807, 2.05) is 26.0 Å². The molecule has 0 spiro atoms. The highest BCUT2D eigenvalue weighted by molar-refractivity contribution is 7.08. The third-order valence-corrected chi connectivity index (χ3v) is 3.50. The summed E-state index contributed by atoms with van der Waals surface area (Å²) in [5.74, 6) is 0.0419. The molecule has 0 fully saturated rings. The zero-order valence-electron chi connectivity index (χ0n) is 10.9. The van der Waals surface area contributed by atoms with E-state index in [4.69, 9.17) is 0 Å². The van der Waals surface area contributed by atoms with Gasteiger partial charge in [0.15, 0.2) is 0 Å². The molecule has 18 heavy (non-hydrogen) atoms. The third kappa shape index (κ3) is 2.64. The summed E-state index contributed by atoms with van der Waals surface area (Å²) in [6.07, 6.45) is 1.78. The van der Waals surface area contributed by atoms with E-state index in [1.165, 1.54) is 11.5 Å². The largest absolute Gasteiger partial charge is 0.288 e. The van der Waals surface area contributed by atoms with Crippen LogP contribution in [0.4, 0.5) is 0 Å². The van der Waals surface area contributed by atoms with Gasteiger partial charge in [-0.25, -0.2) is 0 Å². The number of carbonyl (C=O) groups is 1. The van der Waals surface area contributed by atoms with Crippen molar-refractivity contribution in [1.29, 1.82) is 0 Å². The van der Waals surface area contributed by atoms with Crippen molar-refractivity contribution in [2.24, 2.45) is 0 Å². The van der Waals surface area contributed by atoms with Crippen molar-refractivity contribution in [3.05, 3.63) is 45.5 Å². The predicted molar refractivity (Wildman–Crippen MR) is 73.3 cm³/mol. The quantitative estimate of drug-likeness (QED) is 0.792. The number of benzene rings is 1. The summed E-state index contributed by atoms with van der Waals surface area (Å²) in [6.45, 7) is 6.08. The Morgan fingerprint density at radius 1 is 1.22 bits per heavy atom. The molecule has 2 aromatic rings. The van der Waals surface area contributed by atoms with Crippen molar-refractivity contribution in [3.8, 4) is 0 Å². The molecular weight excluding hydrogens is 244 g/mol. The van der Waals surface area contributed by atoms with Crippen LogP contribution in [0.1, 0.15) is 45.4 Å². The molecule has 3 nitrogen and oxygen atoms in total. The maximum absolute atomic E-state index is 12.4. The number of carbonyl (C=O) groups excluding carboxylic acids is 1. The van der Waals surface area contributed by atoms with Gasteiger partial charge in [0.2, 0.25) is 5.78 Å². The summed E-state index contributed by atoms with van der Waals surface area (Å²) < 4.78 is 3.90. The van der Waals surface area contributed by atoms with Gasteiger partial charge in [-0.05, 0) is 43.9 Å². The maximum atomic E-state index is 12.4. The van der Waals surface area contributed by atoms with E-state index in [0.717, 1.165) is 35.2 Å². The number of aromatic nitrogens is 2. The van der Waals surface area contributed by atoms with Crippen molar-refractivity contribution in [3.63, 3.8) is 0 Å². The number of nitrogens with zero attached hydrogens (tertiary/aromatic N) is 2. The molecule has 0 amide bonds. The molecule has 0 N–H and O–H groups in total. The molecule has 94 valence electrons. The minimum atomic E-state index is 0.0419. The number of aryl methyl sites for hydroxylation is 3. The van der Waals surface area contributed by atoms with Crippen LogP contribution in [-0.4, -0.2) is 15.4 Å². The summed E-state index contributed by atoms with van der Waals surface area (Å²) in [4.78, 5) is 13.1. The summed E-state index contributed by atoms with van der Waals surface area (Å²) in [5.41, 5.74) is 3.77. The fourth-order valence-corrected chi connectivity index (χ4v) is 2.69. The van der Waals surface area contributed by atoms with Crippen molar-refractivity contribution in [2.45, 2.75) is 33.6 Å². The van der Waals surface area contributed by atoms with Gasteiger partial charge >= 0.3 is 0 Å². The van der Waals surface area contributed by atoms with Crippen molar-refractivity contribution < 1.29 is 4.79 Å². The van der Waals surface area contributed by atoms with Crippen molar-refractivity contribution in [2.75, 3.05) is 0 Å². The molecule has 1 heterocycles. The summed E-state index contributed by atoms with van der Waals surface area (Å²) in [5, 5.41) is 4.05. The van der Waals surface area contributed by atoms with Crippen LogP contribution in [0.5, 0.6) is 0 Å². The van der Waals surface area contributed by atoms with Gasteiger partial charge in [-0.2, -0.15) is 0 Å². The Morgan fingerprint density at radius 2 is 1.89 bits per heavy atom. The third-order valence-electron chi connectivity index (χ3n) is 2.73. The van der Waals surface area contributed by atoms with Gasteiger partial charge in [0.1, 0.15) is 4.88 Å². The highest BCUT2D eigenvalue weighted by atomic mass is 32.1. The summed E-state index contributed by atoms with van der Waals surface area (Å²) >= 11 is 1.19. The minimum absolute atomic E-state index is 0.0419. The molecule has 1 aromatic carbocycles. The molecule has 0 aliphatic rings. The lowest BCUT2D eigenvalue weighted by molar-refractivity contribution is 0.104. The van der Waals surface area contributed by atoms with Crippen LogP contribution >= 0.6 is 11.5 Å². The second-order valence-corrected chi connectivity index (χ2v) is 5.26. The number of rotatable bonds is 4. The lowest BCUT2D eigenvalue weighted by atomic mass is 10.0. The zero-order chi connectivity index (χ0) is 13.1. The van der Waals surface area contributed by atoms with E-state index >= 15 is 0 Å². The summed E-state index contributed by atoms with van der Waals surface area (Å²) in [6, 6.07) is 5.91.